The average Bonchev–Trinajstić information content (AvgIpc) is 2.33. The molecular formula is C13H20N2O3. The molecule has 0 aliphatic carbocycles. The smallest absolute Gasteiger partial charge is 0.404 e. The second kappa shape index (κ2) is 6.86. The van der Waals surface area contributed by atoms with Crippen molar-refractivity contribution >= 4 is 6.09 Å². The maximum atomic E-state index is 10.4. The average molecular weight is 252 g/mol. The molecule has 0 saturated carbocycles. The Morgan fingerprint density at radius 2 is 2.22 bits per heavy atom. The number of benzene rings is 1. The molecule has 0 bridgehead atoms. The fourth-order valence-electron chi connectivity index (χ4n) is 1.71. The minimum atomic E-state index is -0.752. The van der Waals surface area contributed by atoms with Crippen molar-refractivity contribution in [1.29, 1.82) is 0 Å². The fraction of sp³-hybridized carbons (Fsp3) is 0.462. The molecule has 1 rings (SSSR count). The number of methoxy groups -OCH3 is 1. The summed E-state index contributed by atoms with van der Waals surface area (Å²) in [6, 6.07) is 6.17. The normalized spacial score (nSPS) is 11.9. The molecule has 0 aromatic heterocycles. The van der Waals surface area contributed by atoms with Crippen LogP contribution in [-0.2, 0) is 4.74 Å². The molecule has 1 amide bonds. The Bertz CT molecular complexity index is 407. The maximum absolute atomic E-state index is 10.4. The van der Waals surface area contributed by atoms with Gasteiger partial charge in [0.15, 0.2) is 0 Å². The van der Waals surface area contributed by atoms with Crippen molar-refractivity contribution in [2.75, 3.05) is 20.3 Å². The zero-order chi connectivity index (χ0) is 13.5. The molecule has 0 radical (unpaired) electrons. The van der Waals surface area contributed by atoms with Crippen LogP contribution in [-0.4, -0.2) is 26.4 Å². The Morgan fingerprint density at radius 3 is 2.83 bits per heavy atom. The van der Waals surface area contributed by atoms with Gasteiger partial charge in [-0.05, 0) is 25.5 Å². The number of carbonyl (C=O) groups excluding carboxylic acids is 1. The summed E-state index contributed by atoms with van der Waals surface area (Å²) in [4.78, 5) is 10.4. The SMILES string of the molecule is COc1cc(C)ccc1C(C)NCCOC(N)=O. The molecule has 5 heteroatoms. The van der Waals surface area contributed by atoms with Crippen LogP contribution in [0.15, 0.2) is 18.2 Å². The van der Waals surface area contributed by atoms with Gasteiger partial charge >= 0.3 is 6.09 Å². The number of aryl methyl sites for hydroxylation is 1. The van der Waals surface area contributed by atoms with Gasteiger partial charge in [-0.3, -0.25) is 0 Å². The van der Waals surface area contributed by atoms with Crippen LogP contribution < -0.4 is 15.8 Å². The van der Waals surface area contributed by atoms with Gasteiger partial charge in [-0.1, -0.05) is 12.1 Å². The zero-order valence-electron chi connectivity index (χ0n) is 11.0. The summed E-state index contributed by atoms with van der Waals surface area (Å²) >= 11 is 0. The van der Waals surface area contributed by atoms with E-state index in [1.165, 1.54) is 0 Å². The second-order valence-corrected chi connectivity index (χ2v) is 4.09. The van der Waals surface area contributed by atoms with Crippen LogP contribution in [0.3, 0.4) is 0 Å². The van der Waals surface area contributed by atoms with E-state index in [4.69, 9.17) is 10.5 Å². The van der Waals surface area contributed by atoms with Gasteiger partial charge in [0.05, 0.1) is 7.11 Å². The molecule has 0 aliphatic heterocycles. The van der Waals surface area contributed by atoms with Crippen LogP contribution in [0.4, 0.5) is 4.79 Å². The molecule has 0 fully saturated rings. The summed E-state index contributed by atoms with van der Waals surface area (Å²) in [7, 11) is 1.65. The van der Waals surface area contributed by atoms with Crippen molar-refractivity contribution in [2.24, 2.45) is 5.73 Å². The lowest BCUT2D eigenvalue weighted by molar-refractivity contribution is 0.156. The lowest BCUT2D eigenvalue weighted by atomic mass is 10.1. The van der Waals surface area contributed by atoms with Gasteiger partial charge in [0.1, 0.15) is 12.4 Å². The van der Waals surface area contributed by atoms with Crippen molar-refractivity contribution in [2.45, 2.75) is 19.9 Å². The molecule has 1 aromatic rings. The van der Waals surface area contributed by atoms with Gasteiger partial charge in [0, 0.05) is 18.2 Å². The van der Waals surface area contributed by atoms with Crippen LogP contribution in [0.5, 0.6) is 5.75 Å². The number of rotatable bonds is 6. The first-order chi connectivity index (χ1) is 8.54. The van der Waals surface area contributed by atoms with E-state index >= 15 is 0 Å². The number of ether oxygens (including phenoxy) is 2. The Labute approximate surface area is 107 Å². The second-order valence-electron chi connectivity index (χ2n) is 4.09. The maximum Gasteiger partial charge on any atom is 0.404 e. The molecule has 1 aromatic carbocycles. The van der Waals surface area contributed by atoms with E-state index in [9.17, 15) is 4.79 Å². The number of carbonyl (C=O) groups is 1. The van der Waals surface area contributed by atoms with Gasteiger partial charge in [0.25, 0.3) is 0 Å². The molecular weight excluding hydrogens is 232 g/mol. The lowest BCUT2D eigenvalue weighted by Gasteiger charge is -2.17. The van der Waals surface area contributed by atoms with Crippen molar-refractivity contribution in [3.63, 3.8) is 0 Å². The van der Waals surface area contributed by atoms with Crippen LogP contribution in [0, 0.1) is 6.92 Å². The third-order valence-electron chi connectivity index (χ3n) is 2.65. The van der Waals surface area contributed by atoms with Gasteiger partial charge in [-0.2, -0.15) is 0 Å². The van der Waals surface area contributed by atoms with Crippen molar-refractivity contribution in [1.82, 2.24) is 5.32 Å². The summed E-state index contributed by atoms with van der Waals surface area (Å²) in [5, 5.41) is 3.24. The molecule has 0 aliphatic rings. The number of hydrogen-bond donors (Lipinski definition) is 2. The monoisotopic (exact) mass is 252 g/mol. The van der Waals surface area contributed by atoms with Crippen LogP contribution in [0.1, 0.15) is 24.1 Å². The number of primary amides is 1. The summed E-state index contributed by atoms with van der Waals surface area (Å²) < 4.78 is 10.00. The first kappa shape index (κ1) is 14.3. The first-order valence-corrected chi connectivity index (χ1v) is 5.84. The van der Waals surface area contributed by atoms with Crippen LogP contribution in [0.2, 0.25) is 0 Å². The highest BCUT2D eigenvalue weighted by atomic mass is 16.5. The van der Waals surface area contributed by atoms with Gasteiger partial charge in [-0.15, -0.1) is 0 Å². The van der Waals surface area contributed by atoms with E-state index in [2.05, 4.69) is 10.1 Å². The third kappa shape index (κ3) is 4.25. The minimum Gasteiger partial charge on any atom is -0.496 e. The highest BCUT2D eigenvalue weighted by molar-refractivity contribution is 5.64. The molecule has 1 unspecified atom stereocenters. The van der Waals surface area contributed by atoms with E-state index < -0.39 is 6.09 Å². The molecule has 0 heterocycles. The Morgan fingerprint density at radius 1 is 1.50 bits per heavy atom. The van der Waals surface area contributed by atoms with Crippen molar-refractivity contribution in [3.05, 3.63) is 29.3 Å². The third-order valence-corrected chi connectivity index (χ3v) is 2.65. The molecule has 1 atom stereocenters. The summed E-state index contributed by atoms with van der Waals surface area (Å²) in [6.45, 7) is 4.84. The molecule has 0 spiro atoms. The highest BCUT2D eigenvalue weighted by Gasteiger charge is 2.10. The quantitative estimate of drug-likeness (QED) is 0.756. The van der Waals surface area contributed by atoms with Gasteiger partial charge in [-0.25, -0.2) is 4.79 Å². The molecule has 3 N–H and O–H groups in total. The molecule has 5 nitrogen and oxygen atoms in total. The van der Waals surface area contributed by atoms with Crippen molar-refractivity contribution < 1.29 is 14.3 Å². The number of amides is 1. The largest absolute Gasteiger partial charge is 0.496 e. The van der Waals surface area contributed by atoms with E-state index in [0.29, 0.717) is 6.54 Å². The highest BCUT2D eigenvalue weighted by Crippen LogP contribution is 2.25. The fourth-order valence-corrected chi connectivity index (χ4v) is 1.71. The Hall–Kier alpha value is -1.75. The van der Waals surface area contributed by atoms with Crippen molar-refractivity contribution in [3.8, 4) is 5.75 Å². The first-order valence-electron chi connectivity index (χ1n) is 5.84. The Kier molecular flexibility index (Phi) is 5.45. The number of nitrogens with two attached hydrogens (primary N) is 1. The summed E-state index contributed by atoms with van der Waals surface area (Å²) in [6.07, 6.45) is -0.752. The lowest BCUT2D eigenvalue weighted by Crippen LogP contribution is -2.26. The number of hydrogen-bond acceptors (Lipinski definition) is 4. The van der Waals surface area contributed by atoms with Gasteiger partial charge in [0.2, 0.25) is 0 Å². The van der Waals surface area contributed by atoms with E-state index in [-0.39, 0.29) is 12.6 Å². The zero-order valence-corrected chi connectivity index (χ0v) is 11.0. The van der Waals surface area contributed by atoms with Crippen LogP contribution in [0.25, 0.3) is 0 Å². The summed E-state index contributed by atoms with van der Waals surface area (Å²) in [5.74, 6) is 0.853. The minimum absolute atomic E-state index is 0.108. The molecule has 0 saturated heterocycles. The topological polar surface area (TPSA) is 73.6 Å². The standard InChI is InChI=1S/C13H20N2O3/c1-9-4-5-11(12(8-9)17-3)10(2)15-6-7-18-13(14)16/h4-5,8,10,15H,6-7H2,1-3H3,(H2,14,16). The van der Waals surface area contributed by atoms with Gasteiger partial charge < -0.3 is 20.5 Å². The van der Waals surface area contributed by atoms with E-state index in [1.807, 2.05) is 32.0 Å². The number of nitrogens with one attached hydrogen (secondary N) is 1. The molecule has 18 heavy (non-hydrogen) atoms. The Balaban J connectivity index is 2.55. The summed E-state index contributed by atoms with van der Waals surface area (Å²) in [5.41, 5.74) is 7.10. The van der Waals surface area contributed by atoms with E-state index in [1.54, 1.807) is 7.11 Å². The van der Waals surface area contributed by atoms with E-state index in [0.717, 1.165) is 16.9 Å². The molecule has 100 valence electrons. The predicted octanol–water partition coefficient (Wildman–Crippen LogP) is 1.75. The predicted molar refractivity (Wildman–Crippen MR) is 69.7 cm³/mol. The van der Waals surface area contributed by atoms with Crippen LogP contribution >= 0.6 is 0 Å².